The number of hydrogen-bond donors (Lipinski definition) is 22. The summed E-state index contributed by atoms with van der Waals surface area (Å²) in [4.78, 5) is 219. The summed E-state index contributed by atoms with van der Waals surface area (Å²) < 4.78 is 129. The third-order valence-corrected chi connectivity index (χ3v) is 28.9. The van der Waals surface area contributed by atoms with E-state index < -0.39 is 190 Å². The van der Waals surface area contributed by atoms with Gasteiger partial charge in [-0.1, -0.05) is 19.3 Å². The van der Waals surface area contributed by atoms with Crippen molar-refractivity contribution in [2.24, 2.45) is 34.4 Å². The Hall–Kier alpha value is -5.69. The molecule has 3 rings (SSSR count). The number of aliphatic hydroxyl groups is 1. The van der Waals surface area contributed by atoms with E-state index in [2.05, 4.69) is 67.8 Å². The molecule has 9 amide bonds. The fourth-order valence-corrected chi connectivity index (χ4v) is 20.8. The number of carboxylic acid groups (broad SMARTS) is 1. The maximum atomic E-state index is 14.2. The van der Waals surface area contributed by atoms with E-state index in [4.69, 9.17) is 58.1 Å². The van der Waals surface area contributed by atoms with E-state index in [1.165, 1.54) is 6.92 Å². The molecule has 16 atom stereocenters. The van der Waals surface area contributed by atoms with Gasteiger partial charge in [-0.05, 0) is 142 Å². The number of aromatic amines is 1. The molecule has 0 aliphatic carbocycles. The number of phosphoric acid groups is 6. The van der Waals surface area contributed by atoms with Crippen LogP contribution >= 0.6 is 58.7 Å². The van der Waals surface area contributed by atoms with Gasteiger partial charge in [0.1, 0.15) is 42.5 Å². The minimum atomic E-state index is -6.56. The molecule has 0 bridgehead atoms. The smallest absolute Gasteiger partial charge is 0.480 e. The summed E-state index contributed by atoms with van der Waals surface area (Å²) in [5.41, 5.74) is 33.1. The number of nitrogens with one attached hydrogen (secondary N) is 8. The maximum Gasteiger partial charge on any atom is 0.490 e. The number of aromatic nitrogens is 2. The molecule has 2 aliphatic heterocycles. The molecule has 61 heteroatoms. The standard InChI is InChI=1S/C67H126N16O38P6S/c1-45-42-83(67(97)81-59(45)88)58-40-52(84)53(116-58)43-115-123(100,101)118-125(104,105)120-127(108,109)121-126(106,107)119-124(102,103)117-122(98,99)114-31-15-3-2-14-28-74-56(86)22-32-110-34-36-112-38-39-113-37-35-111-33-29-75-55(85)21-30-82-57(87)41-54(65(82)94)128-44-51(66(95)96)80-64(93)50(20-8-13-27-72)79-63(92)49(19-7-12-26-71)78-62(91)48(18-6-11-25-70)77-61(90)47(17-5-10-24-69)76-60(89)46(73)16-4-9-23-68/h42,46-54,58,84H,2-41,43-44,68-73H2,1H3,(H,74,86)(H,75,85)(H,76,89)(H,77,90)(H,78,91)(H,79,92)(H,80,93)(H,95,96)(H,98,99)(H,100,101)(H,102,103)(H,104,105)(H,106,107)(H,108,109)(H,81,88,97)/t46-,47-,48-,49-,50-,51-,52?,53+,54?,58+/m0/s1. The zero-order valence-electron chi connectivity index (χ0n) is 70.8. The third kappa shape index (κ3) is 48.8. The Balaban J connectivity index is 1.28. The number of rotatable bonds is 74. The van der Waals surface area contributed by atoms with Gasteiger partial charge in [-0.25, -0.2) is 37.0 Å². The van der Waals surface area contributed by atoms with Gasteiger partial charge in [0.05, 0.1) is 83.5 Å². The number of carbonyl (C=O) groups excluding carboxylic acids is 9. The van der Waals surface area contributed by atoms with Gasteiger partial charge in [-0.15, -0.1) is 11.8 Å². The molecule has 738 valence electrons. The molecule has 0 aromatic carbocycles. The zero-order chi connectivity index (χ0) is 95.7. The van der Waals surface area contributed by atoms with Gasteiger partial charge in [0.15, 0.2) is 0 Å². The number of amides is 9. The lowest BCUT2D eigenvalue weighted by Gasteiger charge is -2.27. The van der Waals surface area contributed by atoms with Crippen molar-refractivity contribution in [3.8, 4) is 0 Å². The molecule has 1 aromatic heterocycles. The van der Waals surface area contributed by atoms with Gasteiger partial charge >= 0.3 is 58.6 Å². The number of hydrogen-bond acceptors (Lipinski definition) is 38. The molecular formula is C67H126N16O38P6S. The quantitative estimate of drug-likeness (QED) is 0.0178. The van der Waals surface area contributed by atoms with E-state index in [0.29, 0.717) is 96.6 Å². The highest BCUT2D eigenvalue weighted by Crippen LogP contribution is 2.75. The van der Waals surface area contributed by atoms with Crippen LogP contribution in [-0.2, 0) is 130 Å². The van der Waals surface area contributed by atoms with Crippen molar-refractivity contribution in [3.05, 3.63) is 32.6 Å². The lowest BCUT2D eigenvalue weighted by atomic mass is 10.0. The minimum Gasteiger partial charge on any atom is -0.480 e. The van der Waals surface area contributed by atoms with Crippen LogP contribution in [0, 0.1) is 6.92 Å². The molecule has 2 fully saturated rings. The van der Waals surface area contributed by atoms with Crippen molar-refractivity contribution in [2.45, 2.75) is 215 Å². The monoisotopic (exact) mass is 1980 g/mol. The summed E-state index contributed by atoms with van der Waals surface area (Å²) in [5, 5.41) is 38.1. The normalized spacial score (nSPS) is 19.6. The first-order valence-electron chi connectivity index (χ1n) is 41.1. The van der Waals surface area contributed by atoms with E-state index in [-0.39, 0.29) is 168 Å². The number of nitrogens with zero attached hydrogens (tertiary/aromatic N) is 2. The van der Waals surface area contributed by atoms with Crippen molar-refractivity contribution < 1.29 is 169 Å². The third-order valence-electron chi connectivity index (χ3n) is 18.4. The molecule has 8 unspecified atom stereocenters. The summed E-state index contributed by atoms with van der Waals surface area (Å²) >= 11 is 0.805. The number of carbonyl (C=O) groups is 10. The predicted molar refractivity (Wildman–Crippen MR) is 451 cm³/mol. The molecule has 3 heterocycles. The molecule has 128 heavy (non-hydrogen) atoms. The fraction of sp³-hybridized carbons (Fsp3) is 0.791. The number of aliphatic hydroxyl groups excluding tert-OH is 1. The topological polar surface area (TPSA) is 844 Å². The van der Waals surface area contributed by atoms with E-state index >= 15 is 0 Å². The second-order valence-corrected chi connectivity index (χ2v) is 39.5. The first kappa shape index (κ1) is 116. The average Bonchev–Trinajstić information content (AvgIpc) is 1.51. The number of imide groups is 1. The van der Waals surface area contributed by atoms with Crippen LogP contribution in [0.1, 0.15) is 159 Å². The van der Waals surface area contributed by atoms with Crippen molar-refractivity contribution in [1.82, 2.24) is 51.7 Å². The van der Waals surface area contributed by atoms with Crippen LogP contribution in [0.25, 0.3) is 0 Å². The largest absolute Gasteiger partial charge is 0.490 e. The highest BCUT2D eigenvalue weighted by Gasteiger charge is 2.51. The molecular weight excluding hydrogens is 1850 g/mol. The van der Waals surface area contributed by atoms with Crippen LogP contribution in [0.4, 0.5) is 0 Å². The van der Waals surface area contributed by atoms with E-state index in [1.54, 1.807) is 0 Å². The van der Waals surface area contributed by atoms with Crippen LogP contribution in [-0.4, -0.2) is 291 Å². The minimum absolute atomic E-state index is 0.00129. The Morgan fingerprint density at radius 2 is 0.898 bits per heavy atom. The number of carboxylic acids is 1. The first-order chi connectivity index (χ1) is 60.3. The summed E-state index contributed by atoms with van der Waals surface area (Å²) in [7, 11) is -37.3. The lowest BCUT2D eigenvalue weighted by molar-refractivity contribution is -0.142. The Kier molecular flexibility index (Phi) is 55.7. The molecule has 1 aromatic rings. The van der Waals surface area contributed by atoms with E-state index in [9.17, 15) is 124 Å². The number of thioether (sulfide) groups is 1. The van der Waals surface area contributed by atoms with Crippen LogP contribution in [0.3, 0.4) is 0 Å². The Bertz CT molecular complexity index is 4100. The molecule has 28 N–H and O–H groups in total. The Labute approximate surface area is 741 Å². The van der Waals surface area contributed by atoms with Gasteiger partial charge in [0.2, 0.25) is 53.2 Å². The number of aliphatic carboxylic acids is 1. The average molecular weight is 1980 g/mol. The predicted octanol–water partition coefficient (Wildman–Crippen LogP) is -2.81. The molecule has 2 saturated heterocycles. The number of ether oxygens (including phenoxy) is 5. The molecule has 0 saturated carbocycles. The van der Waals surface area contributed by atoms with Crippen LogP contribution in [0.15, 0.2) is 15.8 Å². The Morgan fingerprint density at radius 1 is 0.500 bits per heavy atom. The summed E-state index contributed by atoms with van der Waals surface area (Å²) in [6.45, 7) is 2.24. The lowest BCUT2D eigenvalue weighted by Crippen LogP contribution is -2.59. The van der Waals surface area contributed by atoms with Crippen molar-refractivity contribution >= 4 is 118 Å². The number of nitrogens with two attached hydrogens (primary N) is 6. The fourth-order valence-electron chi connectivity index (χ4n) is 11.8. The molecule has 54 nitrogen and oxygen atoms in total. The van der Waals surface area contributed by atoms with E-state index in [0.717, 1.165) is 27.4 Å². The van der Waals surface area contributed by atoms with Gasteiger partial charge < -0.3 is 135 Å². The number of unbranched alkanes of at least 4 members (excludes halogenated alkanes) is 8. The van der Waals surface area contributed by atoms with Crippen LogP contribution in [0.5, 0.6) is 0 Å². The summed E-state index contributed by atoms with van der Waals surface area (Å²) in [6.07, 6.45) is 2.12. The highest BCUT2D eigenvalue weighted by atomic mass is 32.2. The van der Waals surface area contributed by atoms with Crippen LogP contribution < -0.4 is 82.9 Å². The number of H-pyrrole nitrogens is 1. The molecule has 0 spiro atoms. The second kappa shape index (κ2) is 61.3. The summed E-state index contributed by atoms with van der Waals surface area (Å²) in [5.74, 6) is -7.72. The number of likely N-dealkylation sites (tertiary alicyclic amines) is 1. The van der Waals surface area contributed by atoms with Gasteiger partial charge in [-0.2, -0.15) is 21.6 Å². The SMILES string of the molecule is Cc1cn([C@H]2CC(O)[C@@H](COP(=O)(O)OP(=O)(O)OP(=O)(O)OP(=O)(O)OP(=O)(O)OP(=O)(O)OCCCCCCNC(=O)CCOCCOCCOCCOCCNC(=O)CCN3C(=O)CC(SC[C@H](NC(=O)[C@H](CCCCN)NC(=O)[C@H](CCCCN)NC(=O)[C@H](CCCCN)NC(=O)[C@H](CCCCN)NC(=O)[C@@H](N)CCCCN)C(=O)O)C3=O)O2)c(=O)[nH]c1=O. The molecule has 2 aliphatic rings. The number of phosphoric ester groups is 2. The van der Waals surface area contributed by atoms with E-state index in [1.807, 2.05) is 4.98 Å². The highest BCUT2D eigenvalue weighted by molar-refractivity contribution is 8.00. The Morgan fingerprint density at radius 3 is 1.36 bits per heavy atom. The molecule has 0 radical (unpaired) electrons. The van der Waals surface area contributed by atoms with Gasteiger partial charge in [0, 0.05) is 62.8 Å². The van der Waals surface area contributed by atoms with Crippen molar-refractivity contribution in [3.63, 3.8) is 0 Å². The van der Waals surface area contributed by atoms with Crippen LogP contribution in [0.2, 0.25) is 0 Å². The van der Waals surface area contributed by atoms with Crippen molar-refractivity contribution in [1.29, 1.82) is 0 Å². The number of aryl methyl sites for hydroxylation is 1. The summed E-state index contributed by atoms with van der Waals surface area (Å²) in [6, 6.07) is -7.51. The second-order valence-electron chi connectivity index (χ2n) is 28.9. The van der Waals surface area contributed by atoms with Crippen molar-refractivity contribution in [2.75, 3.05) is 124 Å². The first-order valence-corrected chi connectivity index (χ1v) is 51.1. The van der Waals surface area contributed by atoms with Gasteiger partial charge in [-0.3, -0.25) is 71.4 Å². The maximum absolute atomic E-state index is 14.2. The van der Waals surface area contributed by atoms with Gasteiger partial charge in [0.25, 0.3) is 5.56 Å². The zero-order valence-corrected chi connectivity index (χ0v) is 77.0.